The minimum atomic E-state index is -0.595. The number of hydrogen-bond donors (Lipinski definition) is 1. The first-order valence-corrected chi connectivity index (χ1v) is 9.58. The van der Waals surface area contributed by atoms with Crippen LogP contribution in [0, 0.1) is 0 Å². The molecule has 1 heterocycles. The van der Waals surface area contributed by atoms with Crippen LogP contribution < -0.4 is 9.30 Å². The van der Waals surface area contributed by atoms with Crippen molar-refractivity contribution in [1.82, 2.24) is 4.57 Å². The van der Waals surface area contributed by atoms with Crippen LogP contribution in [0.4, 0.5) is 0 Å². The van der Waals surface area contributed by atoms with Crippen molar-refractivity contribution in [1.29, 1.82) is 0 Å². The molecule has 5 heteroatoms. The molecule has 0 aliphatic carbocycles. The molecular formula is C21H26ClN2O2+. The quantitative estimate of drug-likeness (QED) is 0.606. The number of fused-ring (bicyclic) bond motifs is 1. The Labute approximate surface area is 159 Å². The Bertz CT molecular complexity index is 858. The first kappa shape index (κ1) is 18.7. The standard InChI is InChI=1S/C21H26ClN2O2/c1-3-7-21-23(4-2)19-8-5-6-9-20(19)24(21)14-17(25)15-26-18-12-10-16(22)11-13-18/h5-6,8-13,17,25H,3-4,7,14-15H2,1-2H3/q+1. The van der Waals surface area contributed by atoms with Gasteiger partial charge in [-0.25, -0.2) is 9.13 Å². The zero-order valence-electron chi connectivity index (χ0n) is 15.4. The molecule has 1 aromatic heterocycles. The van der Waals surface area contributed by atoms with E-state index in [4.69, 9.17) is 16.3 Å². The lowest BCUT2D eigenvalue weighted by Crippen LogP contribution is -2.45. The van der Waals surface area contributed by atoms with Crippen LogP contribution in [-0.4, -0.2) is 22.4 Å². The Morgan fingerprint density at radius 1 is 1.12 bits per heavy atom. The SMILES string of the molecule is CCCc1n(CC)c2ccccc2[n+]1CC(O)COc1ccc(Cl)cc1. The summed E-state index contributed by atoms with van der Waals surface area (Å²) in [5.41, 5.74) is 2.37. The number of ether oxygens (including phenoxy) is 1. The van der Waals surface area contributed by atoms with E-state index in [9.17, 15) is 5.11 Å². The summed E-state index contributed by atoms with van der Waals surface area (Å²) in [5, 5.41) is 11.2. The predicted molar refractivity (Wildman–Crippen MR) is 105 cm³/mol. The van der Waals surface area contributed by atoms with Crippen molar-refractivity contribution in [3.63, 3.8) is 0 Å². The summed E-state index contributed by atoms with van der Waals surface area (Å²) in [7, 11) is 0. The fourth-order valence-electron chi connectivity index (χ4n) is 3.38. The van der Waals surface area contributed by atoms with Gasteiger partial charge < -0.3 is 9.84 Å². The van der Waals surface area contributed by atoms with Gasteiger partial charge in [-0.2, -0.15) is 0 Å². The monoisotopic (exact) mass is 373 g/mol. The summed E-state index contributed by atoms with van der Waals surface area (Å²) >= 11 is 5.89. The van der Waals surface area contributed by atoms with Crippen LogP contribution in [0.3, 0.4) is 0 Å². The number of nitrogens with zero attached hydrogens (tertiary/aromatic N) is 2. The molecule has 0 saturated carbocycles. The Balaban J connectivity index is 1.80. The summed E-state index contributed by atoms with van der Waals surface area (Å²) in [4.78, 5) is 0. The van der Waals surface area contributed by atoms with E-state index >= 15 is 0 Å². The third-order valence-electron chi connectivity index (χ3n) is 4.53. The number of aliphatic hydroxyl groups excluding tert-OH is 1. The van der Waals surface area contributed by atoms with Gasteiger partial charge in [0.15, 0.2) is 11.0 Å². The Kier molecular flexibility index (Phi) is 6.17. The van der Waals surface area contributed by atoms with Crippen LogP contribution in [0.25, 0.3) is 11.0 Å². The maximum Gasteiger partial charge on any atom is 0.257 e. The molecule has 0 fully saturated rings. The van der Waals surface area contributed by atoms with Gasteiger partial charge in [0, 0.05) is 11.4 Å². The molecule has 0 radical (unpaired) electrons. The fourth-order valence-corrected chi connectivity index (χ4v) is 3.51. The molecule has 3 aromatic rings. The van der Waals surface area contributed by atoms with Gasteiger partial charge in [0.25, 0.3) is 5.82 Å². The number of imidazole rings is 1. The molecule has 1 N–H and O–H groups in total. The normalized spacial score (nSPS) is 12.5. The molecule has 0 spiro atoms. The van der Waals surface area contributed by atoms with Crippen molar-refractivity contribution in [3.05, 3.63) is 59.4 Å². The third kappa shape index (κ3) is 4.02. The second kappa shape index (κ2) is 8.56. The van der Waals surface area contributed by atoms with Crippen LogP contribution in [0.2, 0.25) is 5.02 Å². The molecule has 0 aliphatic rings. The van der Waals surface area contributed by atoms with Crippen LogP contribution in [0.1, 0.15) is 26.1 Å². The highest BCUT2D eigenvalue weighted by Crippen LogP contribution is 2.17. The van der Waals surface area contributed by atoms with Gasteiger partial charge in [0.2, 0.25) is 0 Å². The molecule has 2 aromatic carbocycles. The molecule has 3 rings (SSSR count). The predicted octanol–water partition coefficient (Wildman–Crippen LogP) is 3.99. The van der Waals surface area contributed by atoms with Crippen molar-refractivity contribution >= 4 is 22.6 Å². The topological polar surface area (TPSA) is 38.3 Å². The van der Waals surface area contributed by atoms with E-state index in [1.807, 2.05) is 18.2 Å². The van der Waals surface area contributed by atoms with Gasteiger partial charge in [-0.1, -0.05) is 30.7 Å². The zero-order valence-corrected chi connectivity index (χ0v) is 16.1. The molecular weight excluding hydrogens is 348 g/mol. The highest BCUT2D eigenvalue weighted by Gasteiger charge is 2.25. The smallest absolute Gasteiger partial charge is 0.257 e. The maximum atomic E-state index is 10.6. The average molecular weight is 374 g/mol. The van der Waals surface area contributed by atoms with Crippen molar-refractivity contribution in [2.45, 2.75) is 45.9 Å². The highest BCUT2D eigenvalue weighted by molar-refractivity contribution is 6.30. The van der Waals surface area contributed by atoms with Gasteiger partial charge in [0.05, 0.1) is 6.54 Å². The van der Waals surface area contributed by atoms with E-state index in [1.165, 1.54) is 11.3 Å². The molecule has 1 atom stereocenters. The number of aromatic nitrogens is 2. The van der Waals surface area contributed by atoms with Gasteiger partial charge >= 0.3 is 0 Å². The maximum absolute atomic E-state index is 10.6. The second-order valence-electron chi connectivity index (χ2n) is 6.43. The molecule has 138 valence electrons. The number of aliphatic hydroxyl groups is 1. The van der Waals surface area contributed by atoms with Crippen LogP contribution >= 0.6 is 11.6 Å². The fraction of sp³-hybridized carbons (Fsp3) is 0.381. The van der Waals surface area contributed by atoms with Crippen LogP contribution in [-0.2, 0) is 19.5 Å². The van der Waals surface area contributed by atoms with Crippen molar-refractivity contribution in [2.24, 2.45) is 0 Å². The molecule has 1 unspecified atom stereocenters. The first-order valence-electron chi connectivity index (χ1n) is 9.20. The molecule has 0 aliphatic heterocycles. The van der Waals surface area contributed by atoms with Gasteiger partial charge in [-0.05, 0) is 49.7 Å². The number of hydrogen-bond acceptors (Lipinski definition) is 2. The van der Waals surface area contributed by atoms with Crippen LogP contribution in [0.5, 0.6) is 5.75 Å². The zero-order chi connectivity index (χ0) is 18.5. The lowest BCUT2D eigenvalue weighted by atomic mass is 10.3. The van der Waals surface area contributed by atoms with Crippen LogP contribution in [0.15, 0.2) is 48.5 Å². The Hall–Kier alpha value is -2.04. The van der Waals surface area contributed by atoms with Crippen molar-refractivity contribution < 1.29 is 14.4 Å². The molecule has 0 saturated heterocycles. The molecule has 0 amide bonds. The molecule has 26 heavy (non-hydrogen) atoms. The summed E-state index contributed by atoms with van der Waals surface area (Å²) < 4.78 is 10.3. The number of halogens is 1. The van der Waals surface area contributed by atoms with E-state index in [1.54, 1.807) is 12.1 Å². The largest absolute Gasteiger partial charge is 0.491 e. The third-order valence-corrected chi connectivity index (χ3v) is 4.78. The lowest BCUT2D eigenvalue weighted by Gasteiger charge is -2.12. The van der Waals surface area contributed by atoms with Gasteiger partial charge in [-0.15, -0.1) is 0 Å². The van der Waals surface area contributed by atoms with E-state index < -0.39 is 6.10 Å². The van der Waals surface area contributed by atoms with Gasteiger partial charge in [0.1, 0.15) is 25.0 Å². The lowest BCUT2D eigenvalue weighted by molar-refractivity contribution is -0.687. The molecule has 4 nitrogen and oxygen atoms in total. The summed E-state index contributed by atoms with van der Waals surface area (Å²) in [5.74, 6) is 1.96. The second-order valence-corrected chi connectivity index (χ2v) is 6.86. The molecule has 0 bridgehead atoms. The van der Waals surface area contributed by atoms with E-state index in [0.29, 0.717) is 17.3 Å². The number of benzene rings is 2. The summed E-state index contributed by atoms with van der Waals surface area (Å²) in [6, 6.07) is 15.6. The number of para-hydroxylation sites is 2. The first-order chi connectivity index (χ1) is 12.6. The van der Waals surface area contributed by atoms with Crippen molar-refractivity contribution in [3.8, 4) is 5.75 Å². The van der Waals surface area contributed by atoms with E-state index in [0.717, 1.165) is 24.9 Å². The Morgan fingerprint density at radius 3 is 2.54 bits per heavy atom. The minimum Gasteiger partial charge on any atom is -0.491 e. The number of rotatable bonds is 8. The number of aryl methyl sites for hydroxylation is 1. The minimum absolute atomic E-state index is 0.242. The van der Waals surface area contributed by atoms with Crippen molar-refractivity contribution in [2.75, 3.05) is 6.61 Å². The Morgan fingerprint density at radius 2 is 1.85 bits per heavy atom. The summed E-state index contributed by atoms with van der Waals surface area (Å²) in [6.45, 7) is 6.01. The average Bonchev–Trinajstić information content (AvgIpc) is 2.94. The highest BCUT2D eigenvalue weighted by atomic mass is 35.5. The summed E-state index contributed by atoms with van der Waals surface area (Å²) in [6.07, 6.45) is 1.45. The van der Waals surface area contributed by atoms with Gasteiger partial charge in [-0.3, -0.25) is 0 Å². The van der Waals surface area contributed by atoms with E-state index in [2.05, 4.69) is 41.2 Å². The van der Waals surface area contributed by atoms with E-state index in [-0.39, 0.29) is 6.61 Å².